The molecule has 0 radical (unpaired) electrons. The fourth-order valence-corrected chi connectivity index (χ4v) is 2.88. The molecule has 0 atom stereocenters. The highest BCUT2D eigenvalue weighted by atomic mass is 32.1. The van der Waals surface area contributed by atoms with Crippen LogP contribution in [0.1, 0.15) is 11.1 Å². The topological polar surface area (TPSA) is 51.1 Å². The zero-order valence-electron chi connectivity index (χ0n) is 16.0. The largest absolute Gasteiger partial charge is 0.433 e. The number of benzene rings is 2. The number of aromatic nitrogens is 2. The van der Waals surface area contributed by atoms with E-state index >= 15 is 0 Å². The summed E-state index contributed by atoms with van der Waals surface area (Å²) < 4.78 is 98.0. The van der Waals surface area contributed by atoms with E-state index in [0.717, 1.165) is 4.68 Å². The number of rotatable bonds is 6. The van der Waals surface area contributed by atoms with Crippen molar-refractivity contribution in [2.24, 2.45) is 0 Å². The lowest BCUT2D eigenvalue weighted by Gasteiger charge is -2.14. The third-order valence-corrected chi connectivity index (χ3v) is 4.31. The quantitative estimate of drug-likeness (QED) is 0.217. The Balaban J connectivity index is 1.72. The summed E-state index contributed by atoms with van der Waals surface area (Å²) in [6.07, 6.45) is 1.21. The summed E-state index contributed by atoms with van der Waals surface area (Å²) in [6.45, 7) is -2.13. The molecule has 3 aromatic rings. The van der Waals surface area contributed by atoms with E-state index < -0.39 is 47.8 Å². The van der Waals surface area contributed by atoms with E-state index in [0.29, 0.717) is 5.56 Å². The first-order valence-electron chi connectivity index (χ1n) is 8.74. The van der Waals surface area contributed by atoms with Crippen LogP contribution in [0.3, 0.4) is 0 Å². The molecule has 2 aromatic carbocycles. The first-order chi connectivity index (χ1) is 15.1. The second kappa shape index (κ2) is 9.42. The smallest absolute Gasteiger partial charge is 0.387 e. The highest BCUT2D eigenvalue weighted by Gasteiger charge is 2.26. The van der Waals surface area contributed by atoms with Crippen LogP contribution in [0, 0.1) is 36.0 Å². The molecule has 1 heterocycles. The number of anilines is 2. The van der Waals surface area contributed by atoms with Crippen molar-refractivity contribution < 1.29 is 35.5 Å². The lowest BCUT2D eigenvalue weighted by atomic mass is 10.1. The lowest BCUT2D eigenvalue weighted by molar-refractivity contribution is -0.0493. The molecular formula is C19H13F7N4OS. The molecule has 0 fully saturated rings. The molecule has 5 nitrogen and oxygen atoms in total. The van der Waals surface area contributed by atoms with Crippen LogP contribution >= 0.6 is 12.2 Å². The van der Waals surface area contributed by atoms with Gasteiger partial charge >= 0.3 is 6.61 Å². The summed E-state index contributed by atoms with van der Waals surface area (Å²) in [5.41, 5.74) is -0.267. The van der Waals surface area contributed by atoms with Crippen LogP contribution in [0.25, 0.3) is 0 Å². The number of alkyl halides is 2. The van der Waals surface area contributed by atoms with Crippen LogP contribution in [0.2, 0.25) is 0 Å². The molecule has 0 amide bonds. The first-order valence-corrected chi connectivity index (χ1v) is 9.15. The van der Waals surface area contributed by atoms with Crippen LogP contribution in [-0.2, 0) is 6.54 Å². The fourth-order valence-electron chi connectivity index (χ4n) is 2.66. The molecule has 0 spiro atoms. The molecule has 0 saturated heterocycles. The monoisotopic (exact) mass is 478 g/mol. The summed E-state index contributed by atoms with van der Waals surface area (Å²) >= 11 is 5.08. The predicted molar refractivity (Wildman–Crippen MR) is 105 cm³/mol. The van der Waals surface area contributed by atoms with Gasteiger partial charge in [-0.25, -0.2) is 22.0 Å². The Bertz CT molecular complexity index is 1140. The van der Waals surface area contributed by atoms with E-state index in [4.69, 9.17) is 12.2 Å². The van der Waals surface area contributed by atoms with Gasteiger partial charge in [-0.3, -0.25) is 4.68 Å². The van der Waals surface area contributed by atoms with Gasteiger partial charge in [0.2, 0.25) is 5.82 Å². The SMILES string of the molecule is Cc1ccc(NC(=S)Nc2ccn(Cc3c(F)c(F)c(F)c(F)c3F)n2)c(OC(F)F)c1. The van der Waals surface area contributed by atoms with Crippen molar-refractivity contribution >= 4 is 28.8 Å². The third kappa shape index (κ3) is 5.10. The van der Waals surface area contributed by atoms with Gasteiger partial charge in [0.1, 0.15) is 5.75 Å². The molecule has 3 rings (SSSR count). The third-order valence-electron chi connectivity index (χ3n) is 4.10. The minimum atomic E-state index is -3.06. The molecule has 1 aromatic heterocycles. The summed E-state index contributed by atoms with van der Waals surface area (Å²) in [5.74, 6) is -10.4. The molecule has 170 valence electrons. The number of thiocarbonyl (C=S) groups is 1. The van der Waals surface area contributed by atoms with E-state index in [2.05, 4.69) is 20.5 Å². The summed E-state index contributed by atoms with van der Waals surface area (Å²) in [6, 6.07) is 5.77. The standard InChI is InChI=1S/C19H13F7N4OS/c1-8-2-3-10(11(6-8)31-18(25)26)27-19(32)28-12-4-5-30(29-12)7-9-13(20)15(22)17(24)16(23)14(9)21/h2-6,18H,7H2,1H3,(H2,27,28,29,32). The Morgan fingerprint density at radius 3 is 2.25 bits per heavy atom. The number of halogens is 7. The fraction of sp³-hybridized carbons (Fsp3) is 0.158. The van der Waals surface area contributed by atoms with Crippen molar-refractivity contribution in [2.45, 2.75) is 20.1 Å². The number of nitrogens with zero attached hydrogens (tertiary/aromatic N) is 2. The van der Waals surface area contributed by atoms with Gasteiger partial charge < -0.3 is 15.4 Å². The molecular weight excluding hydrogens is 465 g/mol. The molecule has 13 heteroatoms. The Morgan fingerprint density at radius 1 is 1.00 bits per heavy atom. The number of hydrogen-bond acceptors (Lipinski definition) is 3. The van der Waals surface area contributed by atoms with Crippen molar-refractivity contribution in [1.29, 1.82) is 0 Å². The van der Waals surface area contributed by atoms with Crippen LogP contribution in [-0.4, -0.2) is 21.5 Å². The van der Waals surface area contributed by atoms with Gasteiger partial charge in [-0.2, -0.15) is 13.9 Å². The van der Waals surface area contributed by atoms with E-state index in [1.807, 2.05) is 0 Å². The molecule has 0 unspecified atom stereocenters. The van der Waals surface area contributed by atoms with Crippen molar-refractivity contribution in [3.63, 3.8) is 0 Å². The minimum Gasteiger partial charge on any atom is -0.433 e. The van der Waals surface area contributed by atoms with Gasteiger partial charge in [0.05, 0.1) is 17.8 Å². The van der Waals surface area contributed by atoms with E-state index in [-0.39, 0.29) is 22.4 Å². The maximum atomic E-state index is 13.8. The van der Waals surface area contributed by atoms with Crippen molar-refractivity contribution in [1.82, 2.24) is 9.78 Å². The zero-order chi connectivity index (χ0) is 23.6. The van der Waals surface area contributed by atoms with Crippen molar-refractivity contribution in [2.75, 3.05) is 10.6 Å². The second-order valence-corrected chi connectivity index (χ2v) is 6.81. The summed E-state index contributed by atoms with van der Waals surface area (Å²) in [7, 11) is 0. The highest BCUT2D eigenvalue weighted by molar-refractivity contribution is 7.80. The molecule has 2 N–H and O–H groups in total. The van der Waals surface area contributed by atoms with Crippen molar-refractivity contribution in [3.05, 3.63) is 70.7 Å². The zero-order valence-corrected chi connectivity index (χ0v) is 16.8. The van der Waals surface area contributed by atoms with Crippen LogP contribution in [0.15, 0.2) is 30.5 Å². The lowest BCUT2D eigenvalue weighted by Crippen LogP contribution is -2.20. The van der Waals surface area contributed by atoms with Gasteiger partial charge in [0.15, 0.2) is 34.2 Å². The summed E-state index contributed by atoms with van der Waals surface area (Å²) in [4.78, 5) is 0. The Morgan fingerprint density at radius 2 is 1.62 bits per heavy atom. The Kier molecular flexibility index (Phi) is 6.87. The van der Waals surface area contributed by atoms with Gasteiger partial charge in [-0.05, 0) is 36.8 Å². The molecule has 32 heavy (non-hydrogen) atoms. The van der Waals surface area contributed by atoms with Crippen LogP contribution in [0.5, 0.6) is 5.75 Å². The van der Waals surface area contributed by atoms with Crippen LogP contribution in [0.4, 0.5) is 42.2 Å². The first kappa shape index (κ1) is 23.3. The van der Waals surface area contributed by atoms with Gasteiger partial charge in [0, 0.05) is 12.3 Å². The number of ether oxygens (including phenoxy) is 1. The van der Waals surface area contributed by atoms with Crippen LogP contribution < -0.4 is 15.4 Å². The Hall–Kier alpha value is -3.35. The summed E-state index contributed by atoms with van der Waals surface area (Å²) in [5, 5.41) is 9.05. The molecule has 0 aliphatic carbocycles. The predicted octanol–water partition coefficient (Wildman–Crippen LogP) is 5.35. The normalized spacial score (nSPS) is 11.0. The van der Waals surface area contributed by atoms with E-state index in [1.165, 1.54) is 24.4 Å². The average molecular weight is 478 g/mol. The van der Waals surface area contributed by atoms with Gasteiger partial charge in [-0.1, -0.05) is 6.07 Å². The maximum absolute atomic E-state index is 13.8. The minimum absolute atomic E-state index is 0.0508. The number of nitrogens with one attached hydrogen (secondary N) is 2. The molecule has 0 aliphatic rings. The number of hydrogen-bond donors (Lipinski definition) is 2. The van der Waals surface area contributed by atoms with Gasteiger partial charge in [0.25, 0.3) is 0 Å². The molecule has 0 aliphatic heterocycles. The number of aryl methyl sites for hydroxylation is 1. The maximum Gasteiger partial charge on any atom is 0.387 e. The second-order valence-electron chi connectivity index (χ2n) is 6.40. The Labute approximate surface area is 181 Å². The van der Waals surface area contributed by atoms with Crippen molar-refractivity contribution in [3.8, 4) is 5.75 Å². The van der Waals surface area contributed by atoms with E-state index in [1.54, 1.807) is 13.0 Å². The van der Waals surface area contributed by atoms with Gasteiger partial charge in [-0.15, -0.1) is 0 Å². The van der Waals surface area contributed by atoms with E-state index in [9.17, 15) is 30.7 Å². The average Bonchev–Trinajstić information content (AvgIpc) is 3.16. The highest BCUT2D eigenvalue weighted by Crippen LogP contribution is 2.28. The molecule has 0 bridgehead atoms. The molecule has 0 saturated carbocycles.